The maximum Gasteiger partial charge on any atom is 0.0420 e. The van der Waals surface area contributed by atoms with Gasteiger partial charge >= 0.3 is 0 Å². The third-order valence-electron chi connectivity index (χ3n) is 11.7. The van der Waals surface area contributed by atoms with Gasteiger partial charge in [-0.15, -0.1) is 0 Å². The van der Waals surface area contributed by atoms with Crippen molar-refractivity contribution in [1.29, 1.82) is 0 Å². The van der Waals surface area contributed by atoms with E-state index in [2.05, 4.69) is 120 Å². The van der Waals surface area contributed by atoms with Crippen molar-refractivity contribution >= 4 is 54.5 Å². The highest BCUT2D eigenvalue weighted by Crippen LogP contribution is 2.67. The summed E-state index contributed by atoms with van der Waals surface area (Å²) in [5, 5.41) is 18.5. The molecule has 44 heavy (non-hydrogen) atoms. The molecule has 0 aromatic heterocycles. The van der Waals surface area contributed by atoms with Crippen molar-refractivity contribution in [2.45, 2.75) is 51.4 Å². The van der Waals surface area contributed by atoms with Gasteiger partial charge in [0.1, 0.15) is 0 Å². The van der Waals surface area contributed by atoms with E-state index in [1.807, 2.05) is 0 Å². The van der Waals surface area contributed by atoms with Crippen LogP contribution < -0.4 is 10.6 Å². The molecular weight excluding hydrogens is 532 g/mol. The topological polar surface area (TPSA) is 24.1 Å². The van der Waals surface area contributed by atoms with Crippen LogP contribution in [0.3, 0.4) is 0 Å². The number of hydrogen-bond donors (Lipinski definition) is 2. The van der Waals surface area contributed by atoms with Crippen LogP contribution in [0.5, 0.6) is 0 Å². The smallest absolute Gasteiger partial charge is 0.0420 e. The van der Waals surface area contributed by atoms with E-state index in [9.17, 15) is 0 Å². The van der Waals surface area contributed by atoms with Crippen molar-refractivity contribution in [2.24, 2.45) is 22.7 Å². The number of benzene rings is 6. The van der Waals surface area contributed by atoms with E-state index < -0.39 is 0 Å². The highest BCUT2D eigenvalue weighted by Gasteiger charge is 2.56. The van der Waals surface area contributed by atoms with Crippen molar-refractivity contribution in [2.75, 3.05) is 23.7 Å². The van der Waals surface area contributed by atoms with E-state index in [0.717, 1.165) is 24.9 Å². The average molecular weight is 575 g/mol. The van der Waals surface area contributed by atoms with E-state index in [4.69, 9.17) is 0 Å². The first-order valence-electron chi connectivity index (χ1n) is 16.9. The van der Waals surface area contributed by atoms with Gasteiger partial charge in [-0.1, -0.05) is 72.8 Å². The first-order valence-corrected chi connectivity index (χ1v) is 16.9. The average Bonchev–Trinajstić information content (AvgIpc) is 3.02. The predicted octanol–water partition coefficient (Wildman–Crippen LogP) is 11.2. The largest absolute Gasteiger partial charge is 0.385 e. The maximum absolute atomic E-state index is 3.92. The van der Waals surface area contributed by atoms with Gasteiger partial charge in [-0.2, -0.15) is 0 Å². The quantitative estimate of drug-likeness (QED) is 0.177. The third-order valence-corrected chi connectivity index (χ3v) is 11.7. The second kappa shape index (κ2) is 10.3. The van der Waals surface area contributed by atoms with Crippen LogP contribution in [0, 0.1) is 22.7 Å². The number of nitrogens with one attached hydrogen (secondary N) is 2. The minimum absolute atomic E-state index is 0.521. The Morgan fingerprint density at radius 3 is 1.34 bits per heavy atom. The fourth-order valence-corrected chi connectivity index (χ4v) is 10.4. The lowest BCUT2D eigenvalue weighted by atomic mass is 9.43. The number of anilines is 2. The molecule has 0 aliphatic heterocycles. The molecule has 6 aromatic rings. The van der Waals surface area contributed by atoms with Gasteiger partial charge in [0.2, 0.25) is 0 Å². The third kappa shape index (κ3) is 4.62. The summed E-state index contributed by atoms with van der Waals surface area (Å²) in [5.41, 5.74) is 3.62. The lowest BCUT2D eigenvalue weighted by Crippen LogP contribution is -2.52. The van der Waals surface area contributed by atoms with Gasteiger partial charge < -0.3 is 10.6 Å². The van der Waals surface area contributed by atoms with Crippen LogP contribution in [-0.2, 0) is 0 Å². The molecule has 0 heterocycles. The van der Waals surface area contributed by atoms with E-state index in [0.29, 0.717) is 10.8 Å². The minimum Gasteiger partial charge on any atom is -0.385 e. The Bertz CT molecular complexity index is 1870. The number of fused-ring (bicyclic) bond motifs is 4. The zero-order valence-corrected chi connectivity index (χ0v) is 25.6. The van der Waals surface area contributed by atoms with Crippen molar-refractivity contribution in [3.05, 3.63) is 109 Å². The van der Waals surface area contributed by atoms with Gasteiger partial charge in [0, 0.05) is 35.2 Å². The molecule has 0 amide bonds. The molecule has 2 N–H and O–H groups in total. The molecule has 6 aromatic carbocycles. The first-order chi connectivity index (χ1) is 21.6. The Kier molecular flexibility index (Phi) is 6.15. The minimum atomic E-state index is 0.521. The Morgan fingerprint density at radius 1 is 0.477 bits per heavy atom. The molecule has 4 fully saturated rings. The SMILES string of the molecule is c1ccc2cc3c(NCCC45CC6CC(C4)CC(CCNc4cccc7cc8ccccc8cc47)(C6)C5)cccc3cc2c1. The molecule has 2 heteroatoms. The van der Waals surface area contributed by atoms with Gasteiger partial charge in [-0.05, 0) is 143 Å². The fourth-order valence-electron chi connectivity index (χ4n) is 10.4. The van der Waals surface area contributed by atoms with Crippen molar-refractivity contribution in [3.8, 4) is 0 Å². The van der Waals surface area contributed by atoms with Gasteiger partial charge in [0.15, 0.2) is 0 Å². The molecule has 2 nitrogen and oxygen atoms in total. The summed E-state index contributed by atoms with van der Waals surface area (Å²) in [6.07, 6.45) is 11.3. The summed E-state index contributed by atoms with van der Waals surface area (Å²) >= 11 is 0. The molecule has 4 saturated carbocycles. The van der Waals surface area contributed by atoms with Crippen LogP contribution in [0.1, 0.15) is 51.4 Å². The summed E-state index contributed by atoms with van der Waals surface area (Å²) in [6.45, 7) is 2.15. The Morgan fingerprint density at radius 2 is 0.886 bits per heavy atom. The van der Waals surface area contributed by atoms with Crippen LogP contribution in [0.4, 0.5) is 11.4 Å². The second-order valence-corrected chi connectivity index (χ2v) is 14.8. The molecule has 220 valence electrons. The van der Waals surface area contributed by atoms with Crippen LogP contribution in [0.15, 0.2) is 109 Å². The first kappa shape index (κ1) is 26.4. The molecule has 0 saturated heterocycles. The molecule has 4 bridgehead atoms. The lowest BCUT2D eigenvalue weighted by molar-refractivity contribution is -0.114. The van der Waals surface area contributed by atoms with Gasteiger partial charge in [0.05, 0.1) is 0 Å². The van der Waals surface area contributed by atoms with Gasteiger partial charge in [-0.25, -0.2) is 0 Å². The summed E-state index contributed by atoms with van der Waals surface area (Å²) in [5.74, 6) is 1.87. The van der Waals surface area contributed by atoms with E-state index >= 15 is 0 Å². The zero-order valence-electron chi connectivity index (χ0n) is 25.6. The zero-order chi connectivity index (χ0) is 29.1. The van der Waals surface area contributed by atoms with Crippen molar-refractivity contribution < 1.29 is 0 Å². The molecule has 0 atom stereocenters. The monoisotopic (exact) mass is 574 g/mol. The van der Waals surface area contributed by atoms with E-state index in [1.54, 1.807) is 0 Å². The lowest BCUT2D eigenvalue weighted by Gasteiger charge is -2.63. The van der Waals surface area contributed by atoms with Gasteiger partial charge in [-0.3, -0.25) is 0 Å². The Labute approximate surface area is 260 Å². The molecule has 0 spiro atoms. The van der Waals surface area contributed by atoms with Crippen LogP contribution in [0.25, 0.3) is 43.1 Å². The molecule has 0 unspecified atom stereocenters. The highest BCUT2D eigenvalue weighted by molar-refractivity contribution is 6.04. The molecule has 0 radical (unpaired) electrons. The predicted molar refractivity (Wildman–Crippen MR) is 189 cm³/mol. The fraction of sp³-hybridized carbons (Fsp3) is 0.333. The van der Waals surface area contributed by atoms with Gasteiger partial charge in [0.25, 0.3) is 0 Å². The second-order valence-electron chi connectivity index (χ2n) is 14.8. The summed E-state index contributed by atoms with van der Waals surface area (Å²) in [4.78, 5) is 0. The van der Waals surface area contributed by atoms with Crippen LogP contribution >= 0.6 is 0 Å². The molecule has 10 rings (SSSR count). The molecular formula is C42H42N2. The normalized spacial score (nSPS) is 25.7. The molecule has 4 aliphatic carbocycles. The van der Waals surface area contributed by atoms with Crippen molar-refractivity contribution in [1.82, 2.24) is 0 Å². The Hall–Kier alpha value is -4.04. The maximum atomic E-state index is 3.92. The summed E-state index contributed by atoms with van der Waals surface area (Å²) in [6, 6.07) is 40.4. The van der Waals surface area contributed by atoms with E-state index in [-0.39, 0.29) is 0 Å². The highest BCUT2D eigenvalue weighted by atomic mass is 14.9. The Balaban J connectivity index is 0.904. The van der Waals surface area contributed by atoms with Crippen LogP contribution in [0.2, 0.25) is 0 Å². The molecule has 4 aliphatic rings. The number of hydrogen-bond acceptors (Lipinski definition) is 2. The van der Waals surface area contributed by atoms with Crippen molar-refractivity contribution in [3.63, 3.8) is 0 Å². The summed E-state index contributed by atoms with van der Waals surface area (Å²) in [7, 11) is 0. The van der Waals surface area contributed by atoms with E-state index in [1.165, 1.54) is 106 Å². The van der Waals surface area contributed by atoms with Crippen LogP contribution in [-0.4, -0.2) is 13.1 Å². The standard InChI is InChI=1S/C42H42N2/c1-3-9-33-22-37-35(20-31(33)7-1)11-5-13-39(37)43-17-15-41-24-29-19-30(25-41)27-42(26-29,28-41)16-18-44-40-14-6-12-36-21-32-8-2-4-10-34(32)23-38(36)40/h1-14,20-23,29-30,43-44H,15-19,24-28H2. The summed E-state index contributed by atoms with van der Waals surface area (Å²) < 4.78 is 0. The number of rotatable bonds is 8.